The molecule has 3 aromatic carbocycles. The zero-order chi connectivity index (χ0) is 36.9. The molecule has 4 aromatic heterocycles. The Morgan fingerprint density at radius 3 is 2.32 bits per heavy atom. The minimum atomic E-state index is -0.682. The molecule has 0 saturated heterocycles. The van der Waals surface area contributed by atoms with Crippen molar-refractivity contribution in [1.82, 2.24) is 19.5 Å². The van der Waals surface area contributed by atoms with Crippen LogP contribution in [0.4, 0.5) is 0 Å². The van der Waals surface area contributed by atoms with Crippen LogP contribution in [0.2, 0.25) is 0 Å². The Bertz CT molecular complexity index is 2640. The van der Waals surface area contributed by atoms with Gasteiger partial charge in [0.05, 0.1) is 22.4 Å². The molecule has 53 heavy (non-hydrogen) atoms. The number of aliphatic imine (C=N–C) groups is 1. The van der Waals surface area contributed by atoms with E-state index in [-0.39, 0.29) is 11.3 Å². The van der Waals surface area contributed by atoms with Crippen molar-refractivity contribution in [2.75, 3.05) is 0 Å². The van der Waals surface area contributed by atoms with E-state index in [0.29, 0.717) is 5.90 Å². The third kappa shape index (κ3) is 5.21. The van der Waals surface area contributed by atoms with E-state index in [0.717, 1.165) is 62.3 Å². The Balaban J connectivity index is 1.24. The summed E-state index contributed by atoms with van der Waals surface area (Å²) in [6.45, 7) is 17.7. The van der Waals surface area contributed by atoms with Gasteiger partial charge in [0.1, 0.15) is 11.4 Å². The molecule has 264 valence electrons. The van der Waals surface area contributed by atoms with Gasteiger partial charge in [-0.25, -0.2) is 9.98 Å². The van der Waals surface area contributed by atoms with Gasteiger partial charge in [-0.1, -0.05) is 94.8 Å². The van der Waals surface area contributed by atoms with Gasteiger partial charge in [0.15, 0.2) is 5.60 Å². The average molecular weight is 696 g/mol. The molecule has 0 N–H and O–H groups in total. The van der Waals surface area contributed by atoms with Crippen LogP contribution in [0, 0.1) is 6.92 Å². The van der Waals surface area contributed by atoms with Gasteiger partial charge < -0.3 is 4.74 Å². The molecule has 2 atom stereocenters. The predicted octanol–water partition coefficient (Wildman–Crippen LogP) is 11.0. The monoisotopic (exact) mass is 695 g/mol. The number of ether oxygens (including phenoxy) is 1. The highest BCUT2D eigenvalue weighted by Crippen LogP contribution is 2.52. The van der Waals surface area contributed by atoms with Gasteiger partial charge in [0.2, 0.25) is 5.90 Å². The molecule has 0 bridgehead atoms. The standard InChI is InChI=1S/C47H45N5O/c1-28(2)38-22-31(44-51-46(7)26-30-13-9-10-14-33(30)34-15-11-12-16-37(34)47(46,8)53-44)23-43(50-38)52-41-18-17-29(3)21-35(41)36-27-49-40(25-42(36)52)39-24-32(19-20-48-39)45(4,5)6/h9-25,27-28H,26H2,1-8H3/t46-,47+/m1/s1. The highest BCUT2D eigenvalue weighted by Gasteiger charge is 2.56. The molecule has 0 unspecified atom stereocenters. The van der Waals surface area contributed by atoms with Crippen molar-refractivity contribution < 1.29 is 4.74 Å². The largest absolute Gasteiger partial charge is 0.464 e. The second-order valence-electron chi connectivity index (χ2n) is 16.6. The number of hydrogen-bond acceptors (Lipinski definition) is 5. The highest BCUT2D eigenvalue weighted by molar-refractivity contribution is 6.10. The topological polar surface area (TPSA) is 65.2 Å². The number of pyridine rings is 3. The minimum absolute atomic E-state index is 0.00686. The molecule has 7 aromatic rings. The van der Waals surface area contributed by atoms with Gasteiger partial charge in [0.25, 0.3) is 0 Å². The fourth-order valence-corrected chi connectivity index (χ4v) is 8.30. The van der Waals surface area contributed by atoms with E-state index in [9.17, 15) is 0 Å². The quantitative estimate of drug-likeness (QED) is 0.184. The summed E-state index contributed by atoms with van der Waals surface area (Å²) >= 11 is 0. The van der Waals surface area contributed by atoms with Crippen molar-refractivity contribution in [1.29, 1.82) is 0 Å². The Morgan fingerprint density at radius 2 is 1.53 bits per heavy atom. The molecule has 0 saturated carbocycles. The molecule has 0 fully saturated rings. The van der Waals surface area contributed by atoms with Crippen LogP contribution < -0.4 is 0 Å². The van der Waals surface area contributed by atoms with Gasteiger partial charge in [-0.2, -0.15) is 0 Å². The fourth-order valence-electron chi connectivity index (χ4n) is 8.30. The first kappa shape index (κ1) is 33.2. The van der Waals surface area contributed by atoms with Crippen molar-refractivity contribution in [3.05, 3.63) is 143 Å². The number of rotatable bonds is 4. The van der Waals surface area contributed by atoms with E-state index < -0.39 is 11.1 Å². The summed E-state index contributed by atoms with van der Waals surface area (Å²) in [5.41, 5.74) is 11.8. The third-order valence-electron chi connectivity index (χ3n) is 11.6. The van der Waals surface area contributed by atoms with Crippen molar-refractivity contribution in [2.45, 2.75) is 84.3 Å². The Hall–Kier alpha value is -5.62. The van der Waals surface area contributed by atoms with E-state index in [1.807, 2.05) is 12.4 Å². The summed E-state index contributed by atoms with van der Waals surface area (Å²) in [7, 11) is 0. The molecule has 0 amide bonds. The summed E-state index contributed by atoms with van der Waals surface area (Å²) in [5, 5.41) is 2.21. The Kier molecular flexibility index (Phi) is 7.33. The van der Waals surface area contributed by atoms with Crippen LogP contribution >= 0.6 is 0 Å². The van der Waals surface area contributed by atoms with Crippen LogP contribution in [0.25, 0.3) is 50.1 Å². The molecule has 0 spiro atoms. The van der Waals surface area contributed by atoms with E-state index in [1.54, 1.807) is 0 Å². The second kappa shape index (κ2) is 11.7. The van der Waals surface area contributed by atoms with Gasteiger partial charge in [-0.3, -0.25) is 14.5 Å². The molecule has 6 nitrogen and oxygen atoms in total. The number of hydrogen-bond donors (Lipinski definition) is 0. The first-order valence-corrected chi connectivity index (χ1v) is 18.7. The fraction of sp³-hybridized carbons (Fsp3) is 0.277. The number of nitrogens with zero attached hydrogens (tertiary/aromatic N) is 5. The van der Waals surface area contributed by atoms with Crippen LogP contribution in [-0.2, 0) is 22.2 Å². The van der Waals surface area contributed by atoms with E-state index in [2.05, 4.69) is 157 Å². The molecule has 1 aliphatic carbocycles. The van der Waals surface area contributed by atoms with Gasteiger partial charge in [-0.15, -0.1) is 0 Å². The zero-order valence-corrected chi connectivity index (χ0v) is 31.8. The lowest BCUT2D eigenvalue weighted by atomic mass is 9.76. The molecule has 0 radical (unpaired) electrons. The molecule has 2 aliphatic rings. The van der Waals surface area contributed by atoms with Crippen LogP contribution in [0.3, 0.4) is 0 Å². The summed E-state index contributed by atoms with van der Waals surface area (Å²) < 4.78 is 9.47. The average Bonchev–Trinajstić information content (AvgIpc) is 3.58. The number of aromatic nitrogens is 4. The molecule has 6 heteroatoms. The van der Waals surface area contributed by atoms with Crippen molar-refractivity contribution in [3.8, 4) is 28.3 Å². The van der Waals surface area contributed by atoms with E-state index in [4.69, 9.17) is 24.7 Å². The minimum Gasteiger partial charge on any atom is -0.464 e. The van der Waals surface area contributed by atoms with Gasteiger partial charge in [-0.05, 0) is 96.8 Å². The zero-order valence-electron chi connectivity index (χ0n) is 31.8. The highest BCUT2D eigenvalue weighted by atomic mass is 16.5. The maximum absolute atomic E-state index is 7.19. The molecular formula is C47H45N5O. The maximum Gasteiger partial charge on any atom is 0.217 e. The lowest BCUT2D eigenvalue weighted by Gasteiger charge is -2.37. The SMILES string of the molecule is Cc1ccc2c(c1)c1cnc(-c3cc(C(C)(C)C)ccn3)cc1n2-c1cc(C2=N[C@]3(C)Cc4ccccc4-c4ccccc4[C@]3(C)O2)cc(C(C)C)n1. The lowest BCUT2D eigenvalue weighted by molar-refractivity contribution is 0.0320. The number of benzene rings is 3. The normalized spacial score (nSPS) is 19.5. The Labute approximate surface area is 311 Å². The second-order valence-corrected chi connectivity index (χ2v) is 16.6. The van der Waals surface area contributed by atoms with Gasteiger partial charge >= 0.3 is 0 Å². The summed E-state index contributed by atoms with van der Waals surface area (Å²) in [6, 6.07) is 34.7. The summed E-state index contributed by atoms with van der Waals surface area (Å²) in [4.78, 5) is 20.6. The van der Waals surface area contributed by atoms with Crippen LogP contribution in [0.15, 0.2) is 114 Å². The molecular weight excluding hydrogens is 651 g/mol. The van der Waals surface area contributed by atoms with Crippen molar-refractivity contribution in [3.63, 3.8) is 0 Å². The van der Waals surface area contributed by atoms with Crippen LogP contribution in [-0.4, -0.2) is 31.0 Å². The smallest absolute Gasteiger partial charge is 0.217 e. The summed E-state index contributed by atoms with van der Waals surface area (Å²) in [5.74, 6) is 1.65. The first-order valence-electron chi connectivity index (χ1n) is 18.7. The third-order valence-corrected chi connectivity index (χ3v) is 11.6. The molecule has 9 rings (SSSR count). The van der Waals surface area contributed by atoms with Crippen LogP contribution in [0.1, 0.15) is 87.9 Å². The first-order chi connectivity index (χ1) is 25.3. The number of fused-ring (bicyclic) bond motifs is 8. The van der Waals surface area contributed by atoms with E-state index in [1.165, 1.54) is 27.8 Å². The van der Waals surface area contributed by atoms with Crippen molar-refractivity contribution in [2.24, 2.45) is 4.99 Å². The van der Waals surface area contributed by atoms with Crippen molar-refractivity contribution >= 4 is 27.7 Å². The van der Waals surface area contributed by atoms with Gasteiger partial charge in [0, 0.05) is 46.4 Å². The Morgan fingerprint density at radius 1 is 0.774 bits per heavy atom. The van der Waals surface area contributed by atoms with E-state index >= 15 is 0 Å². The maximum atomic E-state index is 7.19. The number of aryl methyl sites for hydroxylation is 1. The molecule has 5 heterocycles. The molecule has 1 aliphatic heterocycles. The summed E-state index contributed by atoms with van der Waals surface area (Å²) in [6.07, 6.45) is 4.65. The lowest BCUT2D eigenvalue weighted by Crippen LogP contribution is -2.45. The predicted molar refractivity (Wildman–Crippen MR) is 216 cm³/mol. The van der Waals surface area contributed by atoms with Crippen LogP contribution in [0.5, 0.6) is 0 Å².